The molecule has 0 atom stereocenters. The summed E-state index contributed by atoms with van der Waals surface area (Å²) in [6.45, 7) is 3.99. The molecule has 2 aromatic rings. The summed E-state index contributed by atoms with van der Waals surface area (Å²) >= 11 is 3.22. The third-order valence-electron chi connectivity index (χ3n) is 2.89. The number of halogens is 1. The summed E-state index contributed by atoms with van der Waals surface area (Å²) < 4.78 is 16.4. The smallest absolute Gasteiger partial charge is 0.336 e. The molecule has 0 aliphatic rings. The largest absolute Gasteiger partial charge is 0.493 e. The van der Waals surface area contributed by atoms with E-state index >= 15 is 0 Å². The monoisotopic (exact) mass is 389 g/mol. The Labute approximate surface area is 148 Å². The quantitative estimate of drug-likeness (QED) is 0.309. The molecule has 0 saturated heterocycles. The Kier molecular flexibility index (Phi) is 6.57. The maximum atomic E-state index is 11.9. The third-order valence-corrected chi connectivity index (χ3v) is 3.49. The van der Waals surface area contributed by atoms with E-state index < -0.39 is 5.97 Å². The highest BCUT2D eigenvalue weighted by atomic mass is 79.9. The number of benzene rings is 1. The molecule has 0 unspecified atom stereocenters. The predicted octanol–water partition coefficient (Wildman–Crippen LogP) is 4.04. The third kappa shape index (κ3) is 4.96. The second-order valence-electron chi connectivity index (χ2n) is 4.56. The number of carbonyl (C=O) groups is 1. The van der Waals surface area contributed by atoms with Crippen molar-refractivity contribution in [1.82, 2.24) is 4.98 Å². The standard InChI is InChI=1S/C18H16BrNO4/c1-3-11-23-14-8-6-13(12-16(14)22-2)7-9-17(21)24-15-5-4-10-20-18(15)19/h3-10,12H,1,11H2,2H3/b9-7+. The average molecular weight is 390 g/mol. The van der Waals surface area contributed by atoms with Crippen LogP contribution in [0.4, 0.5) is 0 Å². The van der Waals surface area contributed by atoms with Gasteiger partial charge in [0.05, 0.1) is 7.11 Å². The van der Waals surface area contributed by atoms with E-state index in [4.69, 9.17) is 14.2 Å². The summed E-state index contributed by atoms with van der Waals surface area (Å²) in [5.74, 6) is 1.03. The minimum Gasteiger partial charge on any atom is -0.493 e. The van der Waals surface area contributed by atoms with E-state index in [0.29, 0.717) is 28.5 Å². The number of methoxy groups -OCH3 is 1. The molecule has 1 aromatic carbocycles. The first-order chi connectivity index (χ1) is 11.6. The lowest BCUT2D eigenvalue weighted by Crippen LogP contribution is -2.04. The Morgan fingerprint density at radius 1 is 1.29 bits per heavy atom. The molecule has 0 radical (unpaired) electrons. The number of rotatable bonds is 7. The van der Waals surface area contributed by atoms with Crippen LogP contribution in [0.1, 0.15) is 5.56 Å². The van der Waals surface area contributed by atoms with Crippen LogP contribution < -0.4 is 14.2 Å². The summed E-state index contributed by atoms with van der Waals surface area (Å²) in [6, 6.07) is 8.68. The number of hydrogen-bond acceptors (Lipinski definition) is 5. The topological polar surface area (TPSA) is 57.7 Å². The maximum Gasteiger partial charge on any atom is 0.336 e. The molecular formula is C18H16BrNO4. The van der Waals surface area contributed by atoms with Crippen LogP contribution in [0.5, 0.6) is 17.2 Å². The fourth-order valence-electron chi connectivity index (χ4n) is 1.81. The van der Waals surface area contributed by atoms with Crippen molar-refractivity contribution >= 4 is 28.0 Å². The number of carbonyl (C=O) groups excluding carboxylic acids is 1. The zero-order chi connectivity index (χ0) is 17.4. The van der Waals surface area contributed by atoms with Crippen LogP contribution in [-0.2, 0) is 4.79 Å². The molecule has 0 fully saturated rings. The molecule has 0 bridgehead atoms. The number of pyridine rings is 1. The van der Waals surface area contributed by atoms with Gasteiger partial charge in [-0.15, -0.1) is 0 Å². The first kappa shape index (κ1) is 17.7. The molecule has 0 aliphatic carbocycles. The summed E-state index contributed by atoms with van der Waals surface area (Å²) in [5, 5.41) is 0. The Morgan fingerprint density at radius 2 is 2.12 bits per heavy atom. The van der Waals surface area contributed by atoms with Crippen LogP contribution in [0.25, 0.3) is 6.08 Å². The van der Waals surface area contributed by atoms with Gasteiger partial charge in [-0.1, -0.05) is 18.7 Å². The van der Waals surface area contributed by atoms with E-state index in [1.54, 1.807) is 49.7 Å². The fraction of sp³-hybridized carbons (Fsp3) is 0.111. The summed E-state index contributed by atoms with van der Waals surface area (Å²) in [6.07, 6.45) is 6.21. The molecule has 24 heavy (non-hydrogen) atoms. The van der Waals surface area contributed by atoms with Crippen LogP contribution >= 0.6 is 15.9 Å². The molecule has 0 saturated carbocycles. The average Bonchev–Trinajstić information content (AvgIpc) is 2.60. The molecular weight excluding hydrogens is 374 g/mol. The second-order valence-corrected chi connectivity index (χ2v) is 5.31. The van der Waals surface area contributed by atoms with Gasteiger partial charge in [-0.05, 0) is 51.8 Å². The lowest BCUT2D eigenvalue weighted by Gasteiger charge is -2.09. The predicted molar refractivity (Wildman–Crippen MR) is 95.3 cm³/mol. The molecule has 1 heterocycles. The van der Waals surface area contributed by atoms with Crippen molar-refractivity contribution in [1.29, 1.82) is 0 Å². The molecule has 0 spiro atoms. The zero-order valence-corrected chi connectivity index (χ0v) is 14.7. The van der Waals surface area contributed by atoms with Crippen LogP contribution in [0.15, 0.2) is 59.9 Å². The van der Waals surface area contributed by atoms with Gasteiger partial charge < -0.3 is 14.2 Å². The highest BCUT2D eigenvalue weighted by Crippen LogP contribution is 2.28. The van der Waals surface area contributed by atoms with Crippen LogP contribution in [0, 0.1) is 0 Å². The van der Waals surface area contributed by atoms with Crippen molar-refractivity contribution < 1.29 is 19.0 Å². The minimum atomic E-state index is -0.505. The van der Waals surface area contributed by atoms with Gasteiger partial charge in [-0.3, -0.25) is 0 Å². The van der Waals surface area contributed by atoms with Crippen molar-refractivity contribution in [2.45, 2.75) is 0 Å². The SMILES string of the molecule is C=CCOc1ccc(/C=C/C(=O)Oc2cccnc2Br)cc1OC. The van der Waals surface area contributed by atoms with Crippen molar-refractivity contribution in [3.8, 4) is 17.2 Å². The molecule has 0 amide bonds. The number of hydrogen-bond donors (Lipinski definition) is 0. The molecule has 2 rings (SSSR count). The molecule has 124 valence electrons. The Morgan fingerprint density at radius 3 is 2.83 bits per heavy atom. The lowest BCUT2D eigenvalue weighted by molar-refractivity contribution is -0.128. The van der Waals surface area contributed by atoms with Crippen LogP contribution in [0.2, 0.25) is 0 Å². The van der Waals surface area contributed by atoms with E-state index in [-0.39, 0.29) is 0 Å². The Balaban J connectivity index is 2.06. The highest BCUT2D eigenvalue weighted by molar-refractivity contribution is 9.10. The zero-order valence-electron chi connectivity index (χ0n) is 13.1. The first-order valence-corrected chi connectivity index (χ1v) is 7.85. The molecule has 6 heteroatoms. The molecule has 0 aliphatic heterocycles. The number of aromatic nitrogens is 1. The fourth-order valence-corrected chi connectivity index (χ4v) is 2.14. The van der Waals surface area contributed by atoms with Crippen LogP contribution in [-0.4, -0.2) is 24.7 Å². The van der Waals surface area contributed by atoms with Gasteiger partial charge in [0.2, 0.25) is 0 Å². The lowest BCUT2D eigenvalue weighted by atomic mass is 10.2. The van der Waals surface area contributed by atoms with Gasteiger partial charge in [-0.25, -0.2) is 9.78 Å². The second kappa shape index (κ2) is 8.88. The van der Waals surface area contributed by atoms with Gasteiger partial charge in [0.25, 0.3) is 0 Å². The van der Waals surface area contributed by atoms with E-state index in [0.717, 1.165) is 5.56 Å². The summed E-state index contributed by atoms with van der Waals surface area (Å²) in [5.41, 5.74) is 0.778. The molecule has 5 nitrogen and oxygen atoms in total. The van der Waals surface area contributed by atoms with Crippen molar-refractivity contribution in [2.75, 3.05) is 13.7 Å². The highest BCUT2D eigenvalue weighted by Gasteiger charge is 2.07. The summed E-state index contributed by atoms with van der Waals surface area (Å²) in [4.78, 5) is 15.9. The van der Waals surface area contributed by atoms with E-state index in [1.165, 1.54) is 6.08 Å². The minimum absolute atomic E-state index is 0.359. The summed E-state index contributed by atoms with van der Waals surface area (Å²) in [7, 11) is 1.55. The van der Waals surface area contributed by atoms with Gasteiger partial charge >= 0.3 is 5.97 Å². The van der Waals surface area contributed by atoms with Gasteiger partial charge in [-0.2, -0.15) is 0 Å². The van der Waals surface area contributed by atoms with Crippen molar-refractivity contribution in [3.05, 3.63) is 65.4 Å². The van der Waals surface area contributed by atoms with Crippen molar-refractivity contribution in [3.63, 3.8) is 0 Å². The molecule has 0 N–H and O–H groups in total. The van der Waals surface area contributed by atoms with E-state index in [1.807, 2.05) is 6.07 Å². The molecule has 1 aromatic heterocycles. The Hall–Kier alpha value is -2.60. The number of nitrogens with zero attached hydrogens (tertiary/aromatic N) is 1. The Bertz CT molecular complexity index is 758. The normalized spacial score (nSPS) is 10.4. The number of esters is 1. The first-order valence-electron chi connectivity index (χ1n) is 7.06. The maximum absolute atomic E-state index is 11.9. The van der Waals surface area contributed by atoms with Gasteiger partial charge in [0.15, 0.2) is 17.2 Å². The van der Waals surface area contributed by atoms with Crippen LogP contribution in [0.3, 0.4) is 0 Å². The van der Waals surface area contributed by atoms with Crippen molar-refractivity contribution in [2.24, 2.45) is 0 Å². The van der Waals surface area contributed by atoms with Gasteiger partial charge in [0, 0.05) is 12.3 Å². The van der Waals surface area contributed by atoms with E-state index in [9.17, 15) is 4.79 Å². The van der Waals surface area contributed by atoms with Gasteiger partial charge in [0.1, 0.15) is 11.2 Å². The number of ether oxygens (including phenoxy) is 3. The van der Waals surface area contributed by atoms with E-state index in [2.05, 4.69) is 27.5 Å².